The van der Waals surface area contributed by atoms with Crippen LogP contribution in [0.15, 0.2) is 34.9 Å². The Balaban J connectivity index is 2.14. The molecule has 1 aromatic heterocycles. The molecule has 0 amide bonds. The summed E-state index contributed by atoms with van der Waals surface area (Å²) < 4.78 is 10.9. The molecule has 1 heterocycles. The summed E-state index contributed by atoms with van der Waals surface area (Å²) >= 11 is 0. The molecule has 18 heavy (non-hydrogen) atoms. The van der Waals surface area contributed by atoms with Crippen LogP contribution in [0.1, 0.15) is 37.8 Å². The number of rotatable bonds is 3. The van der Waals surface area contributed by atoms with E-state index in [4.69, 9.17) is 9.26 Å². The van der Waals surface area contributed by atoms with Crippen LogP contribution in [-0.4, -0.2) is 5.16 Å². The van der Waals surface area contributed by atoms with Crippen LogP contribution in [0.25, 0.3) is 0 Å². The number of aryl methyl sites for hydroxylation is 1. The van der Waals surface area contributed by atoms with Crippen LogP contribution < -0.4 is 4.74 Å². The maximum Gasteiger partial charge on any atom is 0.134 e. The summed E-state index contributed by atoms with van der Waals surface area (Å²) in [6.07, 6.45) is 0. The molecule has 3 heteroatoms. The van der Waals surface area contributed by atoms with Crippen LogP contribution in [0, 0.1) is 6.92 Å². The molecule has 0 fully saturated rings. The zero-order valence-electron chi connectivity index (χ0n) is 11.4. The lowest BCUT2D eigenvalue weighted by Gasteiger charge is -2.22. The van der Waals surface area contributed by atoms with Crippen molar-refractivity contribution < 1.29 is 9.26 Å². The van der Waals surface area contributed by atoms with E-state index >= 15 is 0 Å². The molecule has 0 spiro atoms. The first-order valence-corrected chi connectivity index (χ1v) is 6.11. The number of benzene rings is 1. The summed E-state index contributed by atoms with van der Waals surface area (Å²) in [6.45, 7) is 8.84. The van der Waals surface area contributed by atoms with E-state index in [2.05, 4.69) is 32.0 Å². The Labute approximate surface area is 108 Å². The summed E-state index contributed by atoms with van der Waals surface area (Å²) in [5.41, 5.74) is 2.08. The Morgan fingerprint density at radius 1 is 1.22 bits per heavy atom. The van der Waals surface area contributed by atoms with E-state index in [-0.39, 0.29) is 5.41 Å². The lowest BCUT2D eigenvalue weighted by molar-refractivity contribution is 0.281. The predicted molar refractivity (Wildman–Crippen MR) is 70.7 cm³/mol. The first kappa shape index (κ1) is 12.7. The standard InChI is InChI=1S/C15H19NO2/c1-11-9-12(16-18-11)10-17-14-8-6-5-7-13(14)15(2,3)4/h5-9H,10H2,1-4H3. The highest BCUT2D eigenvalue weighted by atomic mass is 16.5. The average molecular weight is 245 g/mol. The van der Waals surface area contributed by atoms with E-state index in [1.807, 2.05) is 31.2 Å². The second-order valence-electron chi connectivity index (χ2n) is 5.46. The van der Waals surface area contributed by atoms with E-state index in [0.29, 0.717) is 6.61 Å². The fourth-order valence-electron chi connectivity index (χ4n) is 1.85. The molecule has 96 valence electrons. The first-order valence-electron chi connectivity index (χ1n) is 6.11. The van der Waals surface area contributed by atoms with Crippen molar-refractivity contribution in [2.24, 2.45) is 0 Å². The van der Waals surface area contributed by atoms with Gasteiger partial charge in [-0.1, -0.05) is 44.1 Å². The SMILES string of the molecule is Cc1cc(COc2ccccc2C(C)(C)C)no1. The highest BCUT2D eigenvalue weighted by Gasteiger charge is 2.18. The summed E-state index contributed by atoms with van der Waals surface area (Å²) in [4.78, 5) is 0. The fraction of sp³-hybridized carbons (Fsp3) is 0.400. The fourth-order valence-corrected chi connectivity index (χ4v) is 1.85. The molecule has 0 aliphatic carbocycles. The van der Waals surface area contributed by atoms with Crippen LogP contribution >= 0.6 is 0 Å². The summed E-state index contributed by atoms with van der Waals surface area (Å²) in [6, 6.07) is 10.0. The Morgan fingerprint density at radius 2 is 1.94 bits per heavy atom. The normalized spacial score (nSPS) is 11.6. The molecule has 0 unspecified atom stereocenters. The summed E-state index contributed by atoms with van der Waals surface area (Å²) in [5.74, 6) is 1.71. The summed E-state index contributed by atoms with van der Waals surface area (Å²) in [5, 5.41) is 3.92. The minimum absolute atomic E-state index is 0.0658. The summed E-state index contributed by atoms with van der Waals surface area (Å²) in [7, 11) is 0. The minimum Gasteiger partial charge on any atom is -0.487 e. The molecule has 2 rings (SSSR count). The van der Waals surface area contributed by atoms with Gasteiger partial charge < -0.3 is 9.26 Å². The molecule has 0 radical (unpaired) electrons. The molecule has 0 bridgehead atoms. The second kappa shape index (κ2) is 4.84. The molecule has 2 aromatic rings. The van der Waals surface area contributed by atoms with Gasteiger partial charge in [0, 0.05) is 6.07 Å². The van der Waals surface area contributed by atoms with E-state index in [9.17, 15) is 0 Å². The third-order valence-electron chi connectivity index (χ3n) is 2.75. The van der Waals surface area contributed by atoms with E-state index in [1.54, 1.807) is 0 Å². The van der Waals surface area contributed by atoms with Crippen molar-refractivity contribution in [2.45, 2.75) is 39.7 Å². The van der Waals surface area contributed by atoms with Gasteiger partial charge in [0.25, 0.3) is 0 Å². The van der Waals surface area contributed by atoms with Gasteiger partial charge in [0.05, 0.1) is 0 Å². The molecule has 3 nitrogen and oxygen atoms in total. The number of para-hydroxylation sites is 1. The number of ether oxygens (including phenoxy) is 1. The Morgan fingerprint density at radius 3 is 2.56 bits per heavy atom. The van der Waals surface area contributed by atoms with Gasteiger partial charge in [0.1, 0.15) is 23.8 Å². The van der Waals surface area contributed by atoms with Crippen molar-refractivity contribution in [3.8, 4) is 5.75 Å². The molecule has 0 atom stereocenters. The van der Waals surface area contributed by atoms with Crippen molar-refractivity contribution in [3.63, 3.8) is 0 Å². The smallest absolute Gasteiger partial charge is 0.134 e. The molecule has 0 aliphatic rings. The molecule has 0 saturated heterocycles. The van der Waals surface area contributed by atoms with Gasteiger partial charge in [-0.2, -0.15) is 0 Å². The van der Waals surface area contributed by atoms with Crippen LogP contribution in [0.4, 0.5) is 0 Å². The maximum absolute atomic E-state index is 5.84. The second-order valence-corrected chi connectivity index (χ2v) is 5.46. The van der Waals surface area contributed by atoms with Gasteiger partial charge in [-0.05, 0) is 24.0 Å². The van der Waals surface area contributed by atoms with Crippen molar-refractivity contribution >= 4 is 0 Å². The Bertz CT molecular complexity index is 523. The lowest BCUT2D eigenvalue weighted by atomic mass is 9.86. The number of aromatic nitrogens is 1. The van der Waals surface area contributed by atoms with Crippen LogP contribution in [0.5, 0.6) is 5.75 Å². The molecule has 0 saturated carbocycles. The van der Waals surface area contributed by atoms with Crippen molar-refractivity contribution in [1.82, 2.24) is 5.16 Å². The molecule has 0 aliphatic heterocycles. The van der Waals surface area contributed by atoms with Crippen LogP contribution in [0.2, 0.25) is 0 Å². The quantitative estimate of drug-likeness (QED) is 0.823. The number of hydrogen-bond donors (Lipinski definition) is 0. The van der Waals surface area contributed by atoms with Gasteiger partial charge in [-0.25, -0.2) is 0 Å². The maximum atomic E-state index is 5.84. The zero-order chi connectivity index (χ0) is 13.2. The predicted octanol–water partition coefficient (Wildman–Crippen LogP) is 3.86. The van der Waals surface area contributed by atoms with E-state index < -0.39 is 0 Å². The Hall–Kier alpha value is -1.77. The molecule has 1 aromatic carbocycles. The highest BCUT2D eigenvalue weighted by molar-refractivity contribution is 5.38. The third kappa shape index (κ3) is 2.92. The van der Waals surface area contributed by atoms with E-state index in [1.165, 1.54) is 5.56 Å². The van der Waals surface area contributed by atoms with Gasteiger partial charge in [0.2, 0.25) is 0 Å². The van der Waals surface area contributed by atoms with Gasteiger partial charge in [-0.15, -0.1) is 0 Å². The Kier molecular flexibility index (Phi) is 3.41. The van der Waals surface area contributed by atoms with Crippen molar-refractivity contribution in [3.05, 3.63) is 47.3 Å². The van der Waals surface area contributed by atoms with Crippen LogP contribution in [0.3, 0.4) is 0 Å². The lowest BCUT2D eigenvalue weighted by Crippen LogP contribution is -2.13. The van der Waals surface area contributed by atoms with Crippen molar-refractivity contribution in [2.75, 3.05) is 0 Å². The number of hydrogen-bond acceptors (Lipinski definition) is 3. The monoisotopic (exact) mass is 245 g/mol. The van der Waals surface area contributed by atoms with Gasteiger partial charge in [-0.3, -0.25) is 0 Å². The molecular formula is C15H19NO2. The largest absolute Gasteiger partial charge is 0.487 e. The molecular weight excluding hydrogens is 226 g/mol. The zero-order valence-corrected chi connectivity index (χ0v) is 11.4. The highest BCUT2D eigenvalue weighted by Crippen LogP contribution is 2.31. The van der Waals surface area contributed by atoms with Gasteiger partial charge in [0.15, 0.2) is 0 Å². The minimum atomic E-state index is 0.0658. The van der Waals surface area contributed by atoms with Crippen molar-refractivity contribution in [1.29, 1.82) is 0 Å². The van der Waals surface area contributed by atoms with Crippen LogP contribution in [-0.2, 0) is 12.0 Å². The van der Waals surface area contributed by atoms with E-state index in [0.717, 1.165) is 17.2 Å². The topological polar surface area (TPSA) is 35.3 Å². The third-order valence-corrected chi connectivity index (χ3v) is 2.75. The molecule has 0 N–H and O–H groups in total. The number of nitrogens with zero attached hydrogens (tertiary/aromatic N) is 1. The van der Waals surface area contributed by atoms with Gasteiger partial charge >= 0.3 is 0 Å². The average Bonchev–Trinajstić information content (AvgIpc) is 2.72. The first-order chi connectivity index (χ1) is 8.47.